The third kappa shape index (κ3) is 2.37. The molecule has 1 saturated heterocycles. The fourth-order valence-corrected chi connectivity index (χ4v) is 3.44. The van der Waals surface area contributed by atoms with Gasteiger partial charge in [-0.1, -0.05) is 50.3 Å². The number of carbonyl (C=O) groups excluding carboxylic acids is 1. The summed E-state index contributed by atoms with van der Waals surface area (Å²) < 4.78 is 0. The topological polar surface area (TPSA) is 20.3 Å². The van der Waals surface area contributed by atoms with Crippen molar-refractivity contribution in [3.63, 3.8) is 0 Å². The Bertz CT molecular complexity index is 503. The van der Waals surface area contributed by atoms with E-state index in [4.69, 9.17) is 0 Å². The van der Waals surface area contributed by atoms with E-state index in [0.717, 1.165) is 19.6 Å². The predicted octanol–water partition coefficient (Wildman–Crippen LogP) is 2.90. The molecule has 1 aliphatic heterocycles. The minimum atomic E-state index is 0.143. The Morgan fingerprint density at radius 2 is 1.95 bits per heavy atom. The molecule has 0 bridgehead atoms. The molecule has 2 heteroatoms. The van der Waals surface area contributed by atoms with Crippen molar-refractivity contribution in [2.75, 3.05) is 13.1 Å². The number of hydrogen-bond donors (Lipinski definition) is 0. The number of fused-ring (bicyclic) bond motifs is 1. The Kier molecular flexibility index (Phi) is 3.06. The highest BCUT2D eigenvalue weighted by Gasteiger charge is 2.45. The van der Waals surface area contributed by atoms with Gasteiger partial charge in [0.15, 0.2) is 5.78 Å². The molecule has 3 rings (SSSR count). The van der Waals surface area contributed by atoms with Gasteiger partial charge in [-0.15, -0.1) is 0 Å². The van der Waals surface area contributed by atoms with Gasteiger partial charge in [-0.3, -0.25) is 9.69 Å². The number of allylic oxidation sites excluding steroid dienone is 2. The lowest BCUT2D eigenvalue weighted by atomic mass is 9.68. The first-order valence-corrected chi connectivity index (χ1v) is 7.05. The van der Waals surface area contributed by atoms with E-state index in [1.54, 1.807) is 6.08 Å². The first kappa shape index (κ1) is 12.6. The summed E-state index contributed by atoms with van der Waals surface area (Å²) in [5.41, 5.74) is 1.48. The van der Waals surface area contributed by atoms with Crippen molar-refractivity contribution in [1.82, 2.24) is 4.90 Å². The summed E-state index contributed by atoms with van der Waals surface area (Å²) in [7, 11) is 0. The number of carbonyl (C=O) groups is 1. The molecular weight excluding hydrogens is 234 g/mol. The number of rotatable bonds is 2. The fourth-order valence-electron chi connectivity index (χ4n) is 3.44. The molecule has 0 radical (unpaired) electrons. The Balaban J connectivity index is 1.75. The van der Waals surface area contributed by atoms with Crippen LogP contribution in [0.25, 0.3) is 0 Å². The quantitative estimate of drug-likeness (QED) is 0.810. The van der Waals surface area contributed by atoms with Gasteiger partial charge in [-0.25, -0.2) is 0 Å². The van der Waals surface area contributed by atoms with Crippen molar-refractivity contribution in [2.45, 2.75) is 20.4 Å². The molecule has 2 atom stereocenters. The summed E-state index contributed by atoms with van der Waals surface area (Å²) in [6.45, 7) is 7.39. The first-order chi connectivity index (χ1) is 9.06. The van der Waals surface area contributed by atoms with Crippen LogP contribution in [-0.2, 0) is 11.3 Å². The largest absolute Gasteiger partial charge is 0.298 e. The molecule has 100 valence electrons. The highest BCUT2D eigenvalue weighted by molar-refractivity contribution is 5.93. The molecule has 0 aromatic heterocycles. The number of ketones is 1. The van der Waals surface area contributed by atoms with Crippen molar-refractivity contribution < 1.29 is 4.79 Å². The number of hydrogen-bond acceptors (Lipinski definition) is 2. The van der Waals surface area contributed by atoms with Crippen LogP contribution in [0.15, 0.2) is 42.5 Å². The smallest absolute Gasteiger partial charge is 0.160 e. The second kappa shape index (κ2) is 4.61. The van der Waals surface area contributed by atoms with E-state index in [1.165, 1.54) is 5.56 Å². The standard InChI is InChI=1S/C17H21NO/c1-17(2)9-8-16(19)14-11-18(12-15(14)17)10-13-6-4-3-5-7-13/h3-9,14-15H,10-12H2,1-2H3. The molecule has 0 N–H and O–H groups in total. The summed E-state index contributed by atoms with van der Waals surface area (Å²) in [4.78, 5) is 14.5. The molecule has 1 aliphatic carbocycles. The maximum atomic E-state index is 12.0. The third-order valence-electron chi connectivity index (χ3n) is 4.64. The molecule has 1 fully saturated rings. The van der Waals surface area contributed by atoms with E-state index >= 15 is 0 Å². The van der Waals surface area contributed by atoms with Crippen LogP contribution in [0, 0.1) is 17.3 Å². The van der Waals surface area contributed by atoms with Crippen molar-refractivity contribution in [2.24, 2.45) is 17.3 Å². The Labute approximate surface area is 115 Å². The summed E-state index contributed by atoms with van der Waals surface area (Å²) in [6, 6.07) is 10.5. The molecule has 19 heavy (non-hydrogen) atoms. The molecule has 0 amide bonds. The highest BCUT2D eigenvalue weighted by atomic mass is 16.1. The van der Waals surface area contributed by atoms with E-state index in [1.807, 2.05) is 6.07 Å². The van der Waals surface area contributed by atoms with E-state index in [-0.39, 0.29) is 11.3 Å². The summed E-state index contributed by atoms with van der Waals surface area (Å²) in [6.07, 6.45) is 3.90. The van der Waals surface area contributed by atoms with Gasteiger partial charge in [0.25, 0.3) is 0 Å². The van der Waals surface area contributed by atoms with Crippen LogP contribution in [0.2, 0.25) is 0 Å². The van der Waals surface area contributed by atoms with Gasteiger partial charge in [-0.2, -0.15) is 0 Å². The third-order valence-corrected chi connectivity index (χ3v) is 4.64. The van der Waals surface area contributed by atoms with Crippen LogP contribution < -0.4 is 0 Å². The lowest BCUT2D eigenvalue weighted by molar-refractivity contribution is -0.120. The monoisotopic (exact) mass is 255 g/mol. The van der Waals surface area contributed by atoms with Gasteiger partial charge in [0.1, 0.15) is 0 Å². The second-order valence-corrected chi connectivity index (χ2v) is 6.45. The fraction of sp³-hybridized carbons (Fsp3) is 0.471. The molecule has 2 nitrogen and oxygen atoms in total. The Hall–Kier alpha value is -1.41. The second-order valence-electron chi connectivity index (χ2n) is 6.45. The van der Waals surface area contributed by atoms with Crippen LogP contribution in [0.5, 0.6) is 0 Å². The van der Waals surface area contributed by atoms with Gasteiger partial charge in [0.05, 0.1) is 0 Å². The van der Waals surface area contributed by atoms with E-state index in [2.05, 4.69) is 49.1 Å². The number of benzene rings is 1. The first-order valence-electron chi connectivity index (χ1n) is 7.05. The number of nitrogens with zero attached hydrogens (tertiary/aromatic N) is 1. The molecule has 0 spiro atoms. The van der Waals surface area contributed by atoms with Gasteiger partial charge >= 0.3 is 0 Å². The Morgan fingerprint density at radius 1 is 1.21 bits per heavy atom. The summed E-state index contributed by atoms with van der Waals surface area (Å²) in [5.74, 6) is 0.984. The summed E-state index contributed by atoms with van der Waals surface area (Å²) >= 11 is 0. The van der Waals surface area contributed by atoms with E-state index in [0.29, 0.717) is 11.7 Å². The molecular formula is C17H21NO. The van der Waals surface area contributed by atoms with Crippen molar-refractivity contribution in [3.05, 3.63) is 48.0 Å². The van der Waals surface area contributed by atoms with Crippen molar-refractivity contribution in [1.29, 1.82) is 0 Å². The molecule has 0 saturated carbocycles. The van der Waals surface area contributed by atoms with Crippen molar-refractivity contribution in [3.8, 4) is 0 Å². The van der Waals surface area contributed by atoms with Crippen LogP contribution in [-0.4, -0.2) is 23.8 Å². The molecule has 1 aromatic rings. The lowest BCUT2D eigenvalue weighted by Crippen LogP contribution is -2.35. The normalized spacial score (nSPS) is 29.5. The predicted molar refractivity (Wildman–Crippen MR) is 76.6 cm³/mol. The van der Waals surface area contributed by atoms with Crippen LogP contribution in [0.3, 0.4) is 0 Å². The van der Waals surface area contributed by atoms with Crippen molar-refractivity contribution >= 4 is 5.78 Å². The van der Waals surface area contributed by atoms with Crippen LogP contribution >= 0.6 is 0 Å². The maximum absolute atomic E-state index is 12.0. The molecule has 1 aromatic carbocycles. The zero-order valence-electron chi connectivity index (χ0n) is 11.7. The van der Waals surface area contributed by atoms with Gasteiger partial charge in [-0.05, 0) is 23.0 Å². The average Bonchev–Trinajstić information content (AvgIpc) is 2.81. The molecule has 2 aliphatic rings. The minimum Gasteiger partial charge on any atom is -0.298 e. The van der Waals surface area contributed by atoms with E-state index < -0.39 is 0 Å². The zero-order chi connectivity index (χ0) is 13.5. The molecule has 1 heterocycles. The Morgan fingerprint density at radius 3 is 2.63 bits per heavy atom. The lowest BCUT2D eigenvalue weighted by Gasteiger charge is -2.34. The summed E-state index contributed by atoms with van der Waals surface area (Å²) in [5, 5.41) is 0. The SMILES string of the molecule is CC1(C)C=CC(=O)C2CN(Cc3ccccc3)CC21. The average molecular weight is 255 g/mol. The number of likely N-dealkylation sites (tertiary alicyclic amines) is 1. The van der Waals surface area contributed by atoms with Gasteiger partial charge < -0.3 is 0 Å². The van der Waals surface area contributed by atoms with E-state index in [9.17, 15) is 4.79 Å². The minimum absolute atomic E-state index is 0.143. The molecule has 2 unspecified atom stereocenters. The zero-order valence-corrected chi connectivity index (χ0v) is 11.7. The maximum Gasteiger partial charge on any atom is 0.160 e. The highest BCUT2D eigenvalue weighted by Crippen LogP contribution is 2.43. The van der Waals surface area contributed by atoms with Gasteiger partial charge in [0.2, 0.25) is 0 Å². The van der Waals surface area contributed by atoms with Crippen LogP contribution in [0.4, 0.5) is 0 Å². The van der Waals surface area contributed by atoms with Crippen LogP contribution in [0.1, 0.15) is 19.4 Å². The van der Waals surface area contributed by atoms with Gasteiger partial charge in [0, 0.05) is 25.6 Å².